The average molecular weight is 310 g/mol. The number of carbonyl (C=O) groups is 2. The Balaban J connectivity index is 1.97. The zero-order chi connectivity index (χ0) is 16.4. The Morgan fingerprint density at radius 3 is 2.65 bits per heavy atom. The number of rotatable bonds is 4. The number of hydrogen-bond acceptors (Lipinski definition) is 4. The second kappa shape index (κ2) is 6.34. The number of aliphatic hydroxyl groups excluding tert-OH is 1. The van der Waals surface area contributed by atoms with Gasteiger partial charge in [-0.15, -0.1) is 0 Å². The molecule has 1 N–H and O–H groups in total. The minimum Gasteiger partial charge on any atom is -0.493 e. The zero-order valence-corrected chi connectivity index (χ0v) is 12.9. The average Bonchev–Trinajstić information content (AvgIpc) is 2.58. The van der Waals surface area contributed by atoms with Crippen molar-refractivity contribution < 1.29 is 19.4 Å². The van der Waals surface area contributed by atoms with Crippen molar-refractivity contribution in [1.82, 2.24) is 0 Å². The Morgan fingerprint density at radius 2 is 1.87 bits per heavy atom. The molecule has 1 aliphatic carbocycles. The maximum absolute atomic E-state index is 12.9. The zero-order valence-electron chi connectivity index (χ0n) is 12.9. The number of carbonyl (C=O) groups excluding carboxylic acids is 2. The molecule has 0 amide bonds. The highest BCUT2D eigenvalue weighted by atomic mass is 16.5. The molecule has 1 aliphatic rings. The van der Waals surface area contributed by atoms with Gasteiger partial charge in [0.2, 0.25) is 0 Å². The van der Waals surface area contributed by atoms with Crippen molar-refractivity contribution in [2.24, 2.45) is 5.92 Å². The SMILES string of the molecule is CCOc1ccccc1C(=O)[C@H]1CC(=O)c2ccccc2[C@@H]1O. The van der Waals surface area contributed by atoms with Crippen molar-refractivity contribution in [3.05, 3.63) is 65.2 Å². The first-order valence-electron chi connectivity index (χ1n) is 7.69. The number of ether oxygens (including phenoxy) is 1. The Bertz CT molecular complexity index is 751. The molecular weight excluding hydrogens is 292 g/mol. The lowest BCUT2D eigenvalue weighted by Crippen LogP contribution is -2.31. The molecule has 0 aliphatic heterocycles. The molecule has 2 atom stereocenters. The number of para-hydroxylation sites is 1. The van der Waals surface area contributed by atoms with E-state index in [0.29, 0.717) is 29.0 Å². The van der Waals surface area contributed by atoms with Gasteiger partial charge in [0.05, 0.1) is 24.2 Å². The number of benzene rings is 2. The summed E-state index contributed by atoms with van der Waals surface area (Å²) in [5.41, 5.74) is 1.43. The van der Waals surface area contributed by atoms with Crippen molar-refractivity contribution in [3.63, 3.8) is 0 Å². The fraction of sp³-hybridized carbons (Fsp3) is 0.263. The Kier molecular flexibility index (Phi) is 4.26. The summed E-state index contributed by atoms with van der Waals surface area (Å²) in [5.74, 6) is -0.667. The van der Waals surface area contributed by atoms with Crippen LogP contribution < -0.4 is 4.74 Å². The summed E-state index contributed by atoms with van der Waals surface area (Å²) in [7, 11) is 0. The van der Waals surface area contributed by atoms with Gasteiger partial charge >= 0.3 is 0 Å². The van der Waals surface area contributed by atoms with Gasteiger partial charge < -0.3 is 9.84 Å². The highest BCUT2D eigenvalue weighted by molar-refractivity contribution is 6.07. The first kappa shape index (κ1) is 15.4. The molecule has 0 radical (unpaired) electrons. The van der Waals surface area contributed by atoms with Crippen molar-refractivity contribution in [2.45, 2.75) is 19.4 Å². The van der Waals surface area contributed by atoms with Crippen molar-refractivity contribution in [3.8, 4) is 5.75 Å². The lowest BCUT2D eigenvalue weighted by Gasteiger charge is -2.28. The molecule has 0 fully saturated rings. The van der Waals surface area contributed by atoms with Crippen LogP contribution in [0.3, 0.4) is 0 Å². The maximum atomic E-state index is 12.9. The van der Waals surface area contributed by atoms with E-state index in [1.54, 1.807) is 48.5 Å². The third-order valence-corrected chi connectivity index (χ3v) is 4.16. The van der Waals surface area contributed by atoms with Crippen LogP contribution >= 0.6 is 0 Å². The summed E-state index contributed by atoms with van der Waals surface area (Å²) in [6, 6.07) is 13.8. The van der Waals surface area contributed by atoms with Crippen molar-refractivity contribution in [2.75, 3.05) is 6.61 Å². The molecule has 2 aromatic carbocycles. The number of Topliss-reactive ketones (excluding diaryl/α,β-unsaturated/α-hetero) is 2. The molecule has 0 heterocycles. The van der Waals surface area contributed by atoms with Crippen molar-refractivity contribution in [1.29, 1.82) is 0 Å². The molecule has 0 saturated heterocycles. The summed E-state index contributed by atoms with van der Waals surface area (Å²) >= 11 is 0. The van der Waals surface area contributed by atoms with Crippen LogP contribution in [-0.4, -0.2) is 23.3 Å². The predicted octanol–water partition coefficient (Wildman–Crippen LogP) is 3.20. The van der Waals surface area contributed by atoms with Gasteiger partial charge in [-0.1, -0.05) is 36.4 Å². The highest BCUT2D eigenvalue weighted by Crippen LogP contribution is 2.37. The van der Waals surface area contributed by atoms with Crippen LogP contribution in [0, 0.1) is 5.92 Å². The number of fused-ring (bicyclic) bond motifs is 1. The summed E-state index contributed by atoms with van der Waals surface area (Å²) in [5, 5.41) is 10.6. The lowest BCUT2D eigenvalue weighted by atomic mass is 9.77. The molecule has 0 bridgehead atoms. The van der Waals surface area contributed by atoms with Crippen LogP contribution in [0.15, 0.2) is 48.5 Å². The van der Waals surface area contributed by atoms with E-state index in [1.165, 1.54) is 0 Å². The second-order valence-electron chi connectivity index (χ2n) is 5.56. The van der Waals surface area contributed by atoms with Crippen LogP contribution in [0.5, 0.6) is 5.75 Å². The van der Waals surface area contributed by atoms with E-state index in [0.717, 1.165) is 0 Å². The number of aliphatic hydroxyl groups is 1. The lowest BCUT2D eigenvalue weighted by molar-refractivity contribution is 0.0565. The standard InChI is InChI=1S/C19H18O4/c1-2-23-17-10-6-5-9-14(17)19(22)15-11-16(20)12-7-3-4-8-13(12)18(15)21/h3-10,15,18,21H,2,11H2,1H3/t15-,18-/m0/s1. The molecule has 2 aromatic rings. The van der Waals surface area contributed by atoms with Crippen LogP contribution in [0.1, 0.15) is 45.7 Å². The minimum absolute atomic E-state index is 0.0114. The topological polar surface area (TPSA) is 63.6 Å². The fourth-order valence-electron chi connectivity index (χ4n) is 3.03. The van der Waals surface area contributed by atoms with Gasteiger partial charge in [0.1, 0.15) is 5.75 Å². The molecule has 4 nitrogen and oxygen atoms in total. The first-order valence-corrected chi connectivity index (χ1v) is 7.69. The minimum atomic E-state index is -0.980. The number of ketones is 2. The Labute approximate surface area is 134 Å². The number of hydrogen-bond donors (Lipinski definition) is 1. The first-order chi connectivity index (χ1) is 11.1. The fourth-order valence-corrected chi connectivity index (χ4v) is 3.03. The molecule has 4 heteroatoms. The van der Waals surface area contributed by atoms with Gasteiger partial charge in [0.15, 0.2) is 11.6 Å². The quantitative estimate of drug-likeness (QED) is 0.881. The molecule has 0 spiro atoms. The smallest absolute Gasteiger partial charge is 0.173 e. The van der Waals surface area contributed by atoms with E-state index in [-0.39, 0.29) is 18.0 Å². The van der Waals surface area contributed by atoms with Gasteiger partial charge in [-0.2, -0.15) is 0 Å². The van der Waals surface area contributed by atoms with Gasteiger partial charge in [-0.3, -0.25) is 9.59 Å². The van der Waals surface area contributed by atoms with Gasteiger partial charge in [0, 0.05) is 12.0 Å². The van der Waals surface area contributed by atoms with Crippen LogP contribution in [0.2, 0.25) is 0 Å². The van der Waals surface area contributed by atoms with Gasteiger partial charge in [-0.25, -0.2) is 0 Å². The largest absolute Gasteiger partial charge is 0.493 e. The van der Waals surface area contributed by atoms with E-state index < -0.39 is 12.0 Å². The maximum Gasteiger partial charge on any atom is 0.173 e. The third-order valence-electron chi connectivity index (χ3n) is 4.16. The van der Waals surface area contributed by atoms with E-state index in [1.807, 2.05) is 6.92 Å². The van der Waals surface area contributed by atoms with Crippen LogP contribution in [0.4, 0.5) is 0 Å². The molecule has 0 unspecified atom stereocenters. The van der Waals surface area contributed by atoms with E-state index in [9.17, 15) is 14.7 Å². The monoisotopic (exact) mass is 310 g/mol. The summed E-state index contributed by atoms with van der Waals surface area (Å²) in [6.07, 6.45) is -0.969. The van der Waals surface area contributed by atoms with Gasteiger partial charge in [0.25, 0.3) is 0 Å². The normalized spacial score (nSPS) is 20.0. The molecular formula is C19H18O4. The highest BCUT2D eigenvalue weighted by Gasteiger charge is 2.38. The molecule has 118 valence electrons. The Hall–Kier alpha value is -2.46. The second-order valence-corrected chi connectivity index (χ2v) is 5.56. The van der Waals surface area contributed by atoms with Crippen LogP contribution in [0.25, 0.3) is 0 Å². The van der Waals surface area contributed by atoms with Crippen LogP contribution in [-0.2, 0) is 0 Å². The van der Waals surface area contributed by atoms with Crippen molar-refractivity contribution >= 4 is 11.6 Å². The molecule has 0 aromatic heterocycles. The predicted molar refractivity (Wildman–Crippen MR) is 85.8 cm³/mol. The molecule has 0 saturated carbocycles. The third kappa shape index (κ3) is 2.78. The summed E-state index contributed by atoms with van der Waals surface area (Å²) in [6.45, 7) is 2.29. The van der Waals surface area contributed by atoms with E-state index >= 15 is 0 Å². The summed E-state index contributed by atoms with van der Waals surface area (Å²) < 4.78 is 5.49. The van der Waals surface area contributed by atoms with E-state index in [4.69, 9.17) is 4.74 Å². The molecule has 23 heavy (non-hydrogen) atoms. The van der Waals surface area contributed by atoms with Gasteiger partial charge in [-0.05, 0) is 24.6 Å². The Morgan fingerprint density at radius 1 is 1.17 bits per heavy atom. The summed E-state index contributed by atoms with van der Waals surface area (Å²) in [4.78, 5) is 25.2. The van der Waals surface area contributed by atoms with E-state index in [2.05, 4.69) is 0 Å². The molecule has 3 rings (SSSR count).